The quantitative estimate of drug-likeness (QED) is 0.474. The Morgan fingerprint density at radius 3 is 2.12 bits per heavy atom. The number of rotatable bonds is 10. The smallest absolute Gasteiger partial charge is 0.244 e. The highest BCUT2D eigenvalue weighted by molar-refractivity contribution is 9.10. The largest absolute Gasteiger partial charge is 0.352 e. The molecule has 180 valence electrons. The van der Waals surface area contributed by atoms with Gasteiger partial charge in [0.15, 0.2) is 0 Å². The maximum Gasteiger partial charge on any atom is 0.244 e. The monoisotopic (exact) mass is 557 g/mol. The Morgan fingerprint density at radius 2 is 1.64 bits per heavy atom. The van der Waals surface area contributed by atoms with E-state index in [4.69, 9.17) is 11.6 Å². The lowest BCUT2D eigenvalue weighted by Crippen LogP contribution is -2.53. The number of nitrogens with one attached hydrogen (secondary N) is 1. The number of nitrogens with zero attached hydrogens (tertiary/aromatic N) is 2. The van der Waals surface area contributed by atoms with Crippen LogP contribution in [0, 0.1) is 0 Å². The van der Waals surface area contributed by atoms with Crippen molar-refractivity contribution in [2.24, 2.45) is 0 Å². The molecule has 2 rings (SSSR count). The second-order valence-corrected chi connectivity index (χ2v) is 11.2. The van der Waals surface area contributed by atoms with Crippen molar-refractivity contribution in [3.63, 3.8) is 0 Å². The fourth-order valence-electron chi connectivity index (χ4n) is 3.31. The second kappa shape index (κ2) is 11.9. The van der Waals surface area contributed by atoms with Crippen molar-refractivity contribution < 1.29 is 18.0 Å². The van der Waals surface area contributed by atoms with Gasteiger partial charge in [-0.25, -0.2) is 8.42 Å². The van der Waals surface area contributed by atoms with Crippen molar-refractivity contribution in [2.75, 3.05) is 17.1 Å². The molecule has 0 aliphatic heterocycles. The number of hydrogen-bond donors (Lipinski definition) is 1. The van der Waals surface area contributed by atoms with Gasteiger partial charge in [0.2, 0.25) is 21.8 Å². The van der Waals surface area contributed by atoms with Crippen LogP contribution in [0.3, 0.4) is 0 Å². The zero-order chi connectivity index (χ0) is 24.8. The van der Waals surface area contributed by atoms with Gasteiger partial charge in [-0.1, -0.05) is 46.6 Å². The van der Waals surface area contributed by atoms with E-state index in [2.05, 4.69) is 21.2 Å². The van der Waals surface area contributed by atoms with Crippen molar-refractivity contribution in [2.45, 2.75) is 45.8 Å². The summed E-state index contributed by atoms with van der Waals surface area (Å²) in [6, 6.07) is 12.7. The van der Waals surface area contributed by atoms with Crippen LogP contribution in [0.1, 0.15) is 32.8 Å². The van der Waals surface area contributed by atoms with Crippen LogP contribution < -0.4 is 9.62 Å². The molecule has 0 heterocycles. The van der Waals surface area contributed by atoms with E-state index < -0.39 is 28.5 Å². The molecule has 2 aromatic rings. The van der Waals surface area contributed by atoms with E-state index >= 15 is 0 Å². The maximum atomic E-state index is 13.5. The molecule has 33 heavy (non-hydrogen) atoms. The third-order valence-electron chi connectivity index (χ3n) is 4.88. The van der Waals surface area contributed by atoms with Crippen molar-refractivity contribution >= 4 is 55.1 Å². The van der Waals surface area contributed by atoms with Crippen LogP contribution in [-0.4, -0.2) is 50.0 Å². The van der Waals surface area contributed by atoms with E-state index in [9.17, 15) is 18.0 Å². The maximum absolute atomic E-state index is 13.5. The first-order valence-corrected chi connectivity index (χ1v) is 13.5. The van der Waals surface area contributed by atoms with Gasteiger partial charge in [-0.2, -0.15) is 0 Å². The van der Waals surface area contributed by atoms with E-state index in [1.54, 1.807) is 48.5 Å². The SMILES string of the molecule is CC[C@@H](C(=O)NC(C)C)N(Cc1ccc(Cl)cc1)C(=O)CN(c1ccc(Br)cc1)S(C)(=O)=O. The molecule has 0 unspecified atom stereocenters. The van der Waals surface area contributed by atoms with Crippen molar-refractivity contribution in [3.8, 4) is 0 Å². The Morgan fingerprint density at radius 1 is 1.06 bits per heavy atom. The zero-order valence-electron chi connectivity index (χ0n) is 19.1. The van der Waals surface area contributed by atoms with Crippen LogP contribution in [0.4, 0.5) is 5.69 Å². The fraction of sp³-hybridized carbons (Fsp3) is 0.391. The molecule has 0 fully saturated rings. The number of amides is 2. The van der Waals surface area contributed by atoms with Crippen molar-refractivity contribution in [1.29, 1.82) is 0 Å². The molecule has 0 aliphatic rings. The van der Waals surface area contributed by atoms with Crippen LogP contribution in [0.2, 0.25) is 5.02 Å². The number of anilines is 1. The molecule has 2 aromatic carbocycles. The number of carbonyl (C=O) groups is 2. The molecule has 0 saturated heterocycles. The molecule has 0 bridgehead atoms. The Labute approximate surface area is 209 Å². The molecule has 1 N–H and O–H groups in total. The number of sulfonamides is 1. The lowest BCUT2D eigenvalue weighted by molar-refractivity contribution is -0.140. The van der Waals surface area contributed by atoms with Crippen molar-refractivity contribution in [1.82, 2.24) is 10.2 Å². The van der Waals surface area contributed by atoms with Gasteiger partial charge in [0.1, 0.15) is 12.6 Å². The van der Waals surface area contributed by atoms with Gasteiger partial charge in [-0.05, 0) is 62.2 Å². The molecule has 0 saturated carbocycles. The average molecular weight is 559 g/mol. The van der Waals surface area contributed by atoms with E-state index in [1.807, 2.05) is 20.8 Å². The molecular weight excluding hydrogens is 530 g/mol. The summed E-state index contributed by atoms with van der Waals surface area (Å²) in [5.74, 6) is -0.770. The van der Waals surface area contributed by atoms with E-state index in [0.29, 0.717) is 17.1 Å². The molecule has 0 aliphatic carbocycles. The third kappa shape index (κ3) is 8.01. The summed E-state index contributed by atoms with van der Waals surface area (Å²) in [7, 11) is -3.76. The molecular formula is C23H29BrClN3O4S. The third-order valence-corrected chi connectivity index (χ3v) is 6.80. The standard InChI is InChI=1S/C23H29BrClN3O4S/c1-5-21(23(30)26-16(2)3)27(14-17-6-10-19(25)11-7-17)22(29)15-28(33(4,31)32)20-12-8-18(24)9-13-20/h6-13,16,21H,5,14-15H2,1-4H3,(H,26,30)/t21-/m0/s1. The second-order valence-electron chi connectivity index (χ2n) is 7.98. The number of benzene rings is 2. The summed E-state index contributed by atoms with van der Waals surface area (Å²) in [5.41, 5.74) is 1.14. The van der Waals surface area contributed by atoms with Gasteiger partial charge in [-0.15, -0.1) is 0 Å². The van der Waals surface area contributed by atoms with E-state index in [-0.39, 0.29) is 18.5 Å². The van der Waals surface area contributed by atoms with Crippen LogP contribution in [0.15, 0.2) is 53.0 Å². The molecule has 0 spiro atoms. The van der Waals surface area contributed by atoms with Gasteiger partial charge in [0, 0.05) is 22.1 Å². The minimum Gasteiger partial charge on any atom is -0.352 e. The highest BCUT2D eigenvalue weighted by Gasteiger charge is 2.31. The van der Waals surface area contributed by atoms with Gasteiger partial charge in [0.05, 0.1) is 11.9 Å². The molecule has 0 radical (unpaired) electrons. The number of hydrogen-bond acceptors (Lipinski definition) is 4. The topological polar surface area (TPSA) is 86.8 Å². The van der Waals surface area contributed by atoms with Crippen LogP contribution in [0.25, 0.3) is 0 Å². The zero-order valence-corrected chi connectivity index (χ0v) is 22.2. The highest BCUT2D eigenvalue weighted by Crippen LogP contribution is 2.22. The molecule has 1 atom stereocenters. The minimum absolute atomic E-state index is 0.102. The first-order chi connectivity index (χ1) is 15.4. The lowest BCUT2D eigenvalue weighted by Gasteiger charge is -2.33. The Kier molecular flexibility index (Phi) is 9.75. The Hall–Kier alpha value is -2.10. The van der Waals surface area contributed by atoms with Crippen LogP contribution >= 0.6 is 27.5 Å². The summed E-state index contributed by atoms with van der Waals surface area (Å²) in [6.07, 6.45) is 1.42. The van der Waals surface area contributed by atoms with E-state index in [0.717, 1.165) is 20.6 Å². The molecule has 10 heteroatoms. The molecule has 7 nitrogen and oxygen atoms in total. The predicted octanol–water partition coefficient (Wildman–Crippen LogP) is 4.20. The summed E-state index contributed by atoms with van der Waals surface area (Å²) in [4.78, 5) is 27.8. The molecule has 2 amide bonds. The van der Waals surface area contributed by atoms with Gasteiger partial charge < -0.3 is 10.2 Å². The van der Waals surface area contributed by atoms with Crippen molar-refractivity contribution in [3.05, 3.63) is 63.6 Å². The summed E-state index contributed by atoms with van der Waals surface area (Å²) in [6.45, 7) is 5.21. The first kappa shape index (κ1) is 27.1. The van der Waals surface area contributed by atoms with Gasteiger partial charge >= 0.3 is 0 Å². The molecule has 0 aromatic heterocycles. The summed E-state index contributed by atoms with van der Waals surface area (Å²) in [5, 5.41) is 3.41. The highest BCUT2D eigenvalue weighted by atomic mass is 79.9. The van der Waals surface area contributed by atoms with Crippen LogP contribution in [0.5, 0.6) is 0 Å². The van der Waals surface area contributed by atoms with Gasteiger partial charge in [0.25, 0.3) is 0 Å². The van der Waals surface area contributed by atoms with Crippen LogP contribution in [-0.2, 0) is 26.2 Å². The lowest BCUT2D eigenvalue weighted by atomic mass is 10.1. The normalized spacial score (nSPS) is 12.3. The van der Waals surface area contributed by atoms with E-state index in [1.165, 1.54) is 4.90 Å². The summed E-state index contributed by atoms with van der Waals surface area (Å²) < 4.78 is 26.9. The Bertz CT molecular complexity index is 1060. The number of carbonyl (C=O) groups excluding carboxylic acids is 2. The fourth-order valence-corrected chi connectivity index (χ4v) is 4.55. The first-order valence-electron chi connectivity index (χ1n) is 10.5. The minimum atomic E-state index is -3.76. The predicted molar refractivity (Wildman–Crippen MR) is 136 cm³/mol. The Balaban J connectivity index is 2.42. The number of halogens is 2. The summed E-state index contributed by atoms with van der Waals surface area (Å²) >= 11 is 9.31. The average Bonchev–Trinajstić information content (AvgIpc) is 2.72. The van der Waals surface area contributed by atoms with Gasteiger partial charge in [-0.3, -0.25) is 13.9 Å².